The summed E-state index contributed by atoms with van der Waals surface area (Å²) in [6.07, 6.45) is 1.16. The lowest BCUT2D eigenvalue weighted by molar-refractivity contribution is -0.136. The molecule has 1 atom stereocenters. The Hall–Kier alpha value is -1.16. The number of carboxylic acids is 1. The molecule has 3 nitrogen and oxygen atoms in total. The average Bonchev–Trinajstić information content (AvgIpc) is 2.32. The molecule has 0 amide bonds. The summed E-state index contributed by atoms with van der Waals surface area (Å²) in [6, 6.07) is 6.10. The maximum Gasteiger partial charge on any atom is 0.304 e. The van der Waals surface area contributed by atoms with Gasteiger partial charge in [0.1, 0.15) is 5.75 Å². The molecule has 0 aromatic heterocycles. The van der Waals surface area contributed by atoms with Crippen molar-refractivity contribution >= 4 is 17.7 Å². The van der Waals surface area contributed by atoms with Crippen LogP contribution in [0.1, 0.15) is 30.9 Å². The van der Waals surface area contributed by atoms with Gasteiger partial charge in [0.25, 0.3) is 0 Å². The molecular formula is C15H22O3S. The first-order valence-corrected chi connectivity index (χ1v) is 7.57. The van der Waals surface area contributed by atoms with Crippen molar-refractivity contribution in [2.24, 2.45) is 0 Å². The number of thioether (sulfide) groups is 1. The number of aliphatic carboxylic acids is 1. The lowest BCUT2D eigenvalue weighted by Gasteiger charge is -2.10. The van der Waals surface area contributed by atoms with Crippen LogP contribution in [-0.4, -0.2) is 28.7 Å². The Kier molecular flexibility index (Phi) is 6.78. The highest BCUT2D eigenvalue weighted by atomic mass is 32.2. The molecule has 0 bridgehead atoms. The van der Waals surface area contributed by atoms with Gasteiger partial charge in [0, 0.05) is 5.25 Å². The normalized spacial score (nSPS) is 12.2. The summed E-state index contributed by atoms with van der Waals surface area (Å²) in [7, 11) is 0. The zero-order valence-electron chi connectivity index (χ0n) is 11.8. The predicted molar refractivity (Wildman–Crippen MR) is 80.2 cm³/mol. The SMILES string of the molecule is Cc1ccc(OCCCSC(C)CC(=O)O)cc1C. The fourth-order valence-corrected chi connectivity index (χ4v) is 2.59. The molecule has 0 saturated carbocycles. The number of hydrogen-bond donors (Lipinski definition) is 1. The Morgan fingerprint density at radius 1 is 1.37 bits per heavy atom. The first-order valence-electron chi connectivity index (χ1n) is 6.52. The van der Waals surface area contributed by atoms with Gasteiger partial charge in [0.2, 0.25) is 0 Å². The summed E-state index contributed by atoms with van der Waals surface area (Å²) < 4.78 is 5.68. The minimum atomic E-state index is -0.730. The molecule has 0 aliphatic carbocycles. The van der Waals surface area contributed by atoms with Crippen molar-refractivity contribution in [1.82, 2.24) is 0 Å². The molecular weight excluding hydrogens is 260 g/mol. The minimum absolute atomic E-state index is 0.166. The zero-order chi connectivity index (χ0) is 14.3. The Labute approximate surface area is 119 Å². The predicted octanol–water partition coefficient (Wildman–Crippen LogP) is 3.67. The van der Waals surface area contributed by atoms with E-state index in [0.29, 0.717) is 6.61 Å². The van der Waals surface area contributed by atoms with Gasteiger partial charge in [-0.3, -0.25) is 4.79 Å². The van der Waals surface area contributed by atoms with E-state index in [-0.39, 0.29) is 11.7 Å². The van der Waals surface area contributed by atoms with Crippen LogP contribution in [0.25, 0.3) is 0 Å². The number of ether oxygens (including phenoxy) is 1. The van der Waals surface area contributed by atoms with Gasteiger partial charge in [-0.2, -0.15) is 11.8 Å². The Balaban J connectivity index is 2.17. The molecule has 0 heterocycles. The second-order valence-corrected chi connectivity index (χ2v) is 6.27. The number of rotatable bonds is 8. The van der Waals surface area contributed by atoms with Crippen LogP contribution in [0.5, 0.6) is 5.75 Å². The molecule has 0 aliphatic rings. The van der Waals surface area contributed by atoms with Crippen LogP contribution < -0.4 is 4.74 Å². The van der Waals surface area contributed by atoms with E-state index in [1.807, 2.05) is 13.0 Å². The second kappa shape index (κ2) is 8.10. The number of carbonyl (C=O) groups is 1. The van der Waals surface area contributed by atoms with Gasteiger partial charge < -0.3 is 9.84 Å². The molecule has 1 rings (SSSR count). The Bertz CT molecular complexity index is 418. The molecule has 4 heteroatoms. The molecule has 0 fully saturated rings. The summed E-state index contributed by atoms with van der Waals surface area (Å²) in [5.41, 5.74) is 2.51. The third kappa shape index (κ3) is 6.53. The smallest absolute Gasteiger partial charge is 0.304 e. The van der Waals surface area contributed by atoms with Crippen LogP contribution in [0.3, 0.4) is 0 Å². The van der Waals surface area contributed by atoms with E-state index in [2.05, 4.69) is 26.0 Å². The van der Waals surface area contributed by atoms with Crippen LogP contribution in [0.2, 0.25) is 0 Å². The number of carboxylic acid groups (broad SMARTS) is 1. The Morgan fingerprint density at radius 2 is 2.11 bits per heavy atom. The van der Waals surface area contributed by atoms with E-state index in [1.165, 1.54) is 11.1 Å². The fraction of sp³-hybridized carbons (Fsp3) is 0.533. The van der Waals surface area contributed by atoms with E-state index >= 15 is 0 Å². The molecule has 1 aromatic carbocycles. The molecule has 0 radical (unpaired) electrons. The standard InChI is InChI=1S/C15H22O3S/c1-11-5-6-14(9-12(11)2)18-7-4-8-19-13(3)10-15(16)17/h5-6,9,13H,4,7-8,10H2,1-3H3,(H,16,17). The number of benzene rings is 1. The van der Waals surface area contributed by atoms with E-state index in [9.17, 15) is 4.79 Å². The summed E-state index contributed by atoms with van der Waals surface area (Å²) in [5, 5.41) is 8.81. The highest BCUT2D eigenvalue weighted by molar-refractivity contribution is 7.99. The topological polar surface area (TPSA) is 46.5 Å². The molecule has 0 saturated heterocycles. The quantitative estimate of drug-likeness (QED) is 0.739. The van der Waals surface area contributed by atoms with Gasteiger partial charge in [0.05, 0.1) is 13.0 Å². The fourth-order valence-electron chi connectivity index (χ4n) is 1.64. The van der Waals surface area contributed by atoms with Gasteiger partial charge in [-0.05, 0) is 49.3 Å². The van der Waals surface area contributed by atoms with Crippen LogP contribution in [0.15, 0.2) is 18.2 Å². The summed E-state index contributed by atoms with van der Waals surface area (Å²) in [4.78, 5) is 10.5. The van der Waals surface area contributed by atoms with Crippen molar-refractivity contribution in [3.05, 3.63) is 29.3 Å². The highest BCUT2D eigenvalue weighted by Crippen LogP contribution is 2.18. The van der Waals surface area contributed by atoms with Crippen molar-refractivity contribution < 1.29 is 14.6 Å². The van der Waals surface area contributed by atoms with Gasteiger partial charge >= 0.3 is 5.97 Å². The first-order chi connectivity index (χ1) is 8.99. The number of aryl methyl sites for hydroxylation is 2. The first kappa shape index (κ1) is 15.9. The summed E-state index contributed by atoms with van der Waals surface area (Å²) >= 11 is 1.68. The molecule has 0 spiro atoms. The minimum Gasteiger partial charge on any atom is -0.494 e. The van der Waals surface area contributed by atoms with Crippen LogP contribution in [0.4, 0.5) is 0 Å². The van der Waals surface area contributed by atoms with Crippen molar-refractivity contribution in [2.45, 2.75) is 38.9 Å². The molecule has 1 unspecified atom stereocenters. The molecule has 19 heavy (non-hydrogen) atoms. The van der Waals surface area contributed by atoms with E-state index < -0.39 is 5.97 Å². The molecule has 0 aliphatic heterocycles. The molecule has 1 aromatic rings. The monoisotopic (exact) mass is 282 g/mol. The van der Waals surface area contributed by atoms with Crippen molar-refractivity contribution in [1.29, 1.82) is 0 Å². The van der Waals surface area contributed by atoms with E-state index in [4.69, 9.17) is 9.84 Å². The third-order valence-corrected chi connectivity index (χ3v) is 4.16. The van der Waals surface area contributed by atoms with Crippen LogP contribution in [-0.2, 0) is 4.79 Å². The van der Waals surface area contributed by atoms with Gasteiger partial charge in [-0.25, -0.2) is 0 Å². The Morgan fingerprint density at radius 3 is 2.74 bits per heavy atom. The van der Waals surface area contributed by atoms with Gasteiger partial charge in [-0.15, -0.1) is 0 Å². The zero-order valence-corrected chi connectivity index (χ0v) is 12.6. The van der Waals surface area contributed by atoms with Crippen LogP contribution >= 0.6 is 11.8 Å². The lowest BCUT2D eigenvalue weighted by atomic mass is 10.1. The lowest BCUT2D eigenvalue weighted by Crippen LogP contribution is -2.07. The second-order valence-electron chi connectivity index (χ2n) is 4.73. The van der Waals surface area contributed by atoms with Gasteiger partial charge in [0.15, 0.2) is 0 Å². The highest BCUT2D eigenvalue weighted by Gasteiger charge is 2.07. The van der Waals surface area contributed by atoms with Crippen molar-refractivity contribution in [2.75, 3.05) is 12.4 Å². The molecule has 1 N–H and O–H groups in total. The summed E-state index contributed by atoms with van der Waals surface area (Å²) in [6.45, 7) is 6.78. The van der Waals surface area contributed by atoms with E-state index in [1.54, 1.807) is 11.8 Å². The number of hydrogen-bond acceptors (Lipinski definition) is 3. The van der Waals surface area contributed by atoms with Crippen LogP contribution in [0, 0.1) is 13.8 Å². The summed E-state index contributed by atoms with van der Waals surface area (Å²) in [5.74, 6) is 1.11. The molecule has 106 valence electrons. The third-order valence-electron chi connectivity index (χ3n) is 2.90. The maximum atomic E-state index is 10.5. The van der Waals surface area contributed by atoms with E-state index in [0.717, 1.165) is 17.9 Å². The largest absolute Gasteiger partial charge is 0.494 e. The van der Waals surface area contributed by atoms with Crippen molar-refractivity contribution in [3.63, 3.8) is 0 Å². The average molecular weight is 282 g/mol. The maximum absolute atomic E-state index is 10.5. The van der Waals surface area contributed by atoms with Gasteiger partial charge in [-0.1, -0.05) is 13.0 Å². The van der Waals surface area contributed by atoms with Crippen molar-refractivity contribution in [3.8, 4) is 5.75 Å².